The van der Waals surface area contributed by atoms with Crippen LogP contribution in [0.4, 0.5) is 5.69 Å². The van der Waals surface area contributed by atoms with Crippen molar-refractivity contribution in [1.29, 1.82) is 5.26 Å². The summed E-state index contributed by atoms with van der Waals surface area (Å²) >= 11 is 0. The summed E-state index contributed by atoms with van der Waals surface area (Å²) in [5.74, 6) is 0.250. The Labute approximate surface area is 109 Å². The van der Waals surface area contributed by atoms with Crippen LogP contribution >= 0.6 is 0 Å². The summed E-state index contributed by atoms with van der Waals surface area (Å²) in [6.07, 6.45) is 0. The van der Waals surface area contributed by atoms with E-state index in [1.165, 1.54) is 18.2 Å². The van der Waals surface area contributed by atoms with E-state index in [1.54, 1.807) is 25.1 Å². The van der Waals surface area contributed by atoms with Gasteiger partial charge in [0.05, 0.1) is 16.6 Å². The molecule has 0 aliphatic rings. The van der Waals surface area contributed by atoms with E-state index >= 15 is 0 Å². The molecule has 94 valence electrons. The van der Waals surface area contributed by atoms with Crippen molar-refractivity contribution in [2.24, 2.45) is 0 Å². The number of hydrogen-bond donors (Lipinski definition) is 0. The van der Waals surface area contributed by atoms with Crippen molar-refractivity contribution in [3.8, 4) is 17.7 Å². The van der Waals surface area contributed by atoms with Crippen LogP contribution in [0.1, 0.15) is 11.3 Å². The molecule has 0 radical (unpaired) electrons. The molecule has 6 nitrogen and oxygen atoms in total. The van der Waals surface area contributed by atoms with Crippen LogP contribution < -0.4 is 4.74 Å². The average molecular weight is 255 g/mol. The number of nitro benzene ring substituents is 1. The topological polar surface area (TPSA) is 89.0 Å². The fraction of sp³-hybridized carbons (Fsp3) is 0.0769. The van der Waals surface area contributed by atoms with Gasteiger partial charge in [-0.05, 0) is 19.1 Å². The van der Waals surface area contributed by atoms with E-state index < -0.39 is 4.92 Å². The van der Waals surface area contributed by atoms with Crippen molar-refractivity contribution in [2.75, 3.05) is 0 Å². The monoisotopic (exact) mass is 255 g/mol. The van der Waals surface area contributed by atoms with Gasteiger partial charge in [0.2, 0.25) is 11.6 Å². The van der Waals surface area contributed by atoms with Crippen LogP contribution in [0.15, 0.2) is 36.4 Å². The summed E-state index contributed by atoms with van der Waals surface area (Å²) in [6, 6.07) is 11.0. The number of nitro groups is 1. The molecule has 0 spiro atoms. The maximum absolute atomic E-state index is 10.9. The standard InChI is InChI=1S/C13H9N3O3/c1-9-6-10(8-14)7-13(15-9)19-12-5-3-2-4-11(12)16(17)18/h2-7H,1H3. The molecule has 0 saturated carbocycles. The van der Waals surface area contributed by atoms with Gasteiger partial charge >= 0.3 is 5.69 Å². The Kier molecular flexibility index (Phi) is 3.39. The number of aromatic nitrogens is 1. The maximum atomic E-state index is 10.9. The lowest BCUT2D eigenvalue weighted by Gasteiger charge is -2.06. The number of benzene rings is 1. The molecular weight excluding hydrogens is 246 g/mol. The van der Waals surface area contributed by atoms with E-state index in [2.05, 4.69) is 4.98 Å². The zero-order valence-corrected chi connectivity index (χ0v) is 10.0. The Hall–Kier alpha value is -2.94. The first-order chi connectivity index (χ1) is 9.10. The molecule has 0 aliphatic carbocycles. The zero-order valence-electron chi connectivity index (χ0n) is 10.0. The highest BCUT2D eigenvalue weighted by Crippen LogP contribution is 2.30. The third-order valence-electron chi connectivity index (χ3n) is 2.34. The SMILES string of the molecule is Cc1cc(C#N)cc(Oc2ccccc2[N+](=O)[O-])n1. The van der Waals surface area contributed by atoms with Gasteiger partial charge < -0.3 is 4.74 Å². The van der Waals surface area contributed by atoms with Crippen molar-refractivity contribution in [3.05, 3.63) is 57.8 Å². The van der Waals surface area contributed by atoms with E-state index in [0.29, 0.717) is 11.3 Å². The lowest BCUT2D eigenvalue weighted by Crippen LogP contribution is -1.95. The molecule has 0 amide bonds. The fourth-order valence-corrected chi connectivity index (χ4v) is 1.56. The first-order valence-corrected chi connectivity index (χ1v) is 5.40. The molecule has 0 saturated heterocycles. The van der Waals surface area contributed by atoms with Gasteiger partial charge in [-0.3, -0.25) is 10.1 Å². The minimum absolute atomic E-state index is 0.0921. The Morgan fingerprint density at radius 1 is 1.37 bits per heavy atom. The van der Waals surface area contributed by atoms with E-state index in [1.807, 2.05) is 6.07 Å². The summed E-state index contributed by atoms with van der Waals surface area (Å²) in [5, 5.41) is 19.7. The number of para-hydroxylation sites is 2. The molecule has 1 aromatic carbocycles. The first-order valence-electron chi connectivity index (χ1n) is 5.40. The van der Waals surface area contributed by atoms with E-state index in [4.69, 9.17) is 10.00 Å². The van der Waals surface area contributed by atoms with Crippen molar-refractivity contribution in [1.82, 2.24) is 4.98 Å². The summed E-state index contributed by atoms with van der Waals surface area (Å²) in [6.45, 7) is 1.72. The second-order valence-corrected chi connectivity index (χ2v) is 3.77. The van der Waals surface area contributed by atoms with Crippen LogP contribution in [0.2, 0.25) is 0 Å². The van der Waals surface area contributed by atoms with Crippen molar-refractivity contribution in [3.63, 3.8) is 0 Å². The molecule has 1 aromatic heterocycles. The molecule has 0 atom stereocenters. The minimum atomic E-state index is -0.531. The summed E-state index contributed by atoms with van der Waals surface area (Å²) in [4.78, 5) is 14.4. The van der Waals surface area contributed by atoms with Crippen LogP contribution in [0.25, 0.3) is 0 Å². The van der Waals surface area contributed by atoms with Gasteiger partial charge in [-0.1, -0.05) is 12.1 Å². The highest BCUT2D eigenvalue weighted by Gasteiger charge is 2.15. The number of nitriles is 1. The van der Waals surface area contributed by atoms with Crippen LogP contribution in [-0.2, 0) is 0 Å². The number of pyridine rings is 1. The molecule has 19 heavy (non-hydrogen) atoms. The van der Waals surface area contributed by atoms with E-state index in [0.717, 1.165) is 0 Å². The Bertz CT molecular complexity index is 677. The Balaban J connectivity index is 2.39. The molecule has 0 bridgehead atoms. The maximum Gasteiger partial charge on any atom is 0.311 e. The van der Waals surface area contributed by atoms with Gasteiger partial charge in [0.1, 0.15) is 0 Å². The largest absolute Gasteiger partial charge is 0.432 e. The van der Waals surface area contributed by atoms with Gasteiger partial charge in [-0.15, -0.1) is 0 Å². The fourth-order valence-electron chi connectivity index (χ4n) is 1.56. The second-order valence-electron chi connectivity index (χ2n) is 3.77. The van der Waals surface area contributed by atoms with Gasteiger partial charge in [0.15, 0.2) is 0 Å². The first kappa shape index (κ1) is 12.5. The van der Waals surface area contributed by atoms with E-state index in [9.17, 15) is 10.1 Å². The van der Waals surface area contributed by atoms with Crippen molar-refractivity contribution in [2.45, 2.75) is 6.92 Å². The minimum Gasteiger partial charge on any atom is -0.432 e. The number of nitrogens with zero attached hydrogens (tertiary/aromatic N) is 3. The molecule has 0 aliphatic heterocycles. The number of hydrogen-bond acceptors (Lipinski definition) is 5. The molecule has 6 heteroatoms. The zero-order chi connectivity index (χ0) is 13.8. The van der Waals surface area contributed by atoms with Crippen LogP contribution in [-0.4, -0.2) is 9.91 Å². The molecule has 1 heterocycles. The molecule has 0 unspecified atom stereocenters. The molecule has 0 fully saturated rings. The number of ether oxygens (including phenoxy) is 1. The molecule has 2 aromatic rings. The lowest BCUT2D eigenvalue weighted by atomic mass is 10.2. The van der Waals surface area contributed by atoms with Crippen molar-refractivity contribution < 1.29 is 9.66 Å². The third-order valence-corrected chi connectivity index (χ3v) is 2.34. The second kappa shape index (κ2) is 5.14. The number of aryl methyl sites for hydroxylation is 1. The van der Waals surface area contributed by atoms with Gasteiger partial charge in [-0.25, -0.2) is 4.98 Å². The quantitative estimate of drug-likeness (QED) is 0.621. The molecular formula is C13H9N3O3. The normalized spacial score (nSPS) is 9.68. The van der Waals surface area contributed by atoms with Gasteiger partial charge in [-0.2, -0.15) is 5.26 Å². The van der Waals surface area contributed by atoms with Crippen molar-refractivity contribution >= 4 is 5.69 Å². The van der Waals surface area contributed by atoms with Crippen LogP contribution in [0, 0.1) is 28.4 Å². The predicted octanol–water partition coefficient (Wildman–Crippen LogP) is 2.96. The predicted molar refractivity (Wildman–Crippen MR) is 66.9 cm³/mol. The lowest BCUT2D eigenvalue weighted by molar-refractivity contribution is -0.385. The highest BCUT2D eigenvalue weighted by atomic mass is 16.6. The third kappa shape index (κ3) is 2.84. The molecule has 0 N–H and O–H groups in total. The van der Waals surface area contributed by atoms with E-state index in [-0.39, 0.29) is 17.3 Å². The van der Waals surface area contributed by atoms with Gasteiger partial charge in [0.25, 0.3) is 0 Å². The summed E-state index contributed by atoms with van der Waals surface area (Å²) in [5.41, 5.74) is 0.845. The summed E-state index contributed by atoms with van der Waals surface area (Å²) < 4.78 is 5.39. The highest BCUT2D eigenvalue weighted by molar-refractivity contribution is 5.48. The smallest absolute Gasteiger partial charge is 0.311 e. The Morgan fingerprint density at radius 2 is 2.11 bits per heavy atom. The van der Waals surface area contributed by atoms with Gasteiger partial charge in [0, 0.05) is 17.8 Å². The van der Waals surface area contributed by atoms with Crippen LogP contribution in [0.3, 0.4) is 0 Å². The molecule has 2 rings (SSSR count). The average Bonchev–Trinajstić information content (AvgIpc) is 2.38. The Morgan fingerprint density at radius 3 is 2.79 bits per heavy atom. The number of rotatable bonds is 3. The summed E-state index contributed by atoms with van der Waals surface area (Å²) in [7, 11) is 0. The van der Waals surface area contributed by atoms with Crippen LogP contribution in [0.5, 0.6) is 11.6 Å².